The summed E-state index contributed by atoms with van der Waals surface area (Å²) in [6.07, 6.45) is 5.80. The highest BCUT2D eigenvalue weighted by Gasteiger charge is 2.33. The van der Waals surface area contributed by atoms with E-state index in [1.165, 1.54) is 12.5 Å². The number of piperidine rings is 1. The number of amides is 1. The number of likely N-dealkylation sites (tertiary alicyclic amines) is 1. The number of aromatic nitrogens is 1. The Morgan fingerprint density at radius 2 is 2.05 bits per heavy atom. The van der Waals surface area contributed by atoms with Gasteiger partial charge in [-0.2, -0.15) is 0 Å². The Bertz CT molecular complexity index is 534. The monoisotopic (exact) mass is 355 g/mol. The maximum Gasteiger partial charge on any atom is 0.227 e. The third-order valence-electron chi connectivity index (χ3n) is 4.29. The van der Waals surface area contributed by atoms with Crippen LogP contribution in [0, 0.1) is 11.7 Å². The van der Waals surface area contributed by atoms with E-state index in [-0.39, 0.29) is 17.6 Å². The van der Waals surface area contributed by atoms with E-state index < -0.39 is 0 Å². The lowest BCUT2D eigenvalue weighted by Gasteiger charge is -2.29. The van der Waals surface area contributed by atoms with Gasteiger partial charge in [0.2, 0.25) is 5.91 Å². The summed E-state index contributed by atoms with van der Waals surface area (Å²) in [5, 5.41) is 0. The average Bonchev–Trinajstić information content (AvgIpc) is 2.97. The highest BCUT2D eigenvalue weighted by molar-refractivity contribution is 9.10. The molecule has 0 bridgehead atoms. The van der Waals surface area contributed by atoms with Gasteiger partial charge in [0.15, 0.2) is 11.6 Å². The van der Waals surface area contributed by atoms with Gasteiger partial charge in [-0.3, -0.25) is 4.79 Å². The van der Waals surface area contributed by atoms with Crippen LogP contribution in [0.15, 0.2) is 16.7 Å². The zero-order valence-corrected chi connectivity index (χ0v) is 13.5. The van der Waals surface area contributed by atoms with E-state index in [4.69, 9.17) is 0 Å². The summed E-state index contributed by atoms with van der Waals surface area (Å²) in [6.45, 7) is 3.01. The summed E-state index contributed by atoms with van der Waals surface area (Å²) in [5.41, 5.74) is 0. The van der Waals surface area contributed by atoms with Gasteiger partial charge in [-0.25, -0.2) is 9.37 Å². The number of halogens is 2. The molecule has 0 spiro atoms. The fourth-order valence-electron chi connectivity index (χ4n) is 3.17. The number of carbonyl (C=O) groups is 1. The van der Waals surface area contributed by atoms with Crippen molar-refractivity contribution in [3.05, 3.63) is 22.6 Å². The van der Waals surface area contributed by atoms with Crippen LogP contribution in [-0.2, 0) is 4.79 Å². The van der Waals surface area contributed by atoms with E-state index in [1.807, 2.05) is 9.80 Å². The number of anilines is 1. The minimum atomic E-state index is -0.338. The van der Waals surface area contributed by atoms with Crippen molar-refractivity contribution in [1.82, 2.24) is 9.88 Å². The molecule has 0 N–H and O–H groups in total. The van der Waals surface area contributed by atoms with Crippen molar-refractivity contribution in [2.24, 2.45) is 5.92 Å². The van der Waals surface area contributed by atoms with Crippen molar-refractivity contribution >= 4 is 27.7 Å². The minimum Gasteiger partial charge on any atom is -0.353 e. The standard InChI is InChI=1S/C15H19BrFN3O/c16-12-8-13(17)14(18-9-12)20-7-4-11(10-20)15(21)19-5-2-1-3-6-19/h8-9,11H,1-7,10H2. The van der Waals surface area contributed by atoms with Crippen molar-refractivity contribution in [2.75, 3.05) is 31.1 Å². The first-order valence-corrected chi connectivity index (χ1v) is 8.29. The van der Waals surface area contributed by atoms with Crippen LogP contribution in [0.3, 0.4) is 0 Å². The van der Waals surface area contributed by atoms with E-state index in [0.29, 0.717) is 23.4 Å². The van der Waals surface area contributed by atoms with Crippen molar-refractivity contribution in [1.29, 1.82) is 0 Å². The van der Waals surface area contributed by atoms with Crippen LogP contribution < -0.4 is 4.90 Å². The summed E-state index contributed by atoms with van der Waals surface area (Å²) in [4.78, 5) is 20.5. The lowest BCUT2D eigenvalue weighted by atomic mass is 10.0. The highest BCUT2D eigenvalue weighted by Crippen LogP contribution is 2.27. The van der Waals surface area contributed by atoms with E-state index >= 15 is 0 Å². The first-order chi connectivity index (χ1) is 10.1. The molecule has 0 saturated carbocycles. The number of rotatable bonds is 2. The van der Waals surface area contributed by atoms with Gasteiger partial charge in [0.25, 0.3) is 0 Å². The third-order valence-corrected chi connectivity index (χ3v) is 4.73. The Balaban J connectivity index is 1.66. The Labute approximate surface area is 132 Å². The lowest BCUT2D eigenvalue weighted by Crippen LogP contribution is -2.40. The topological polar surface area (TPSA) is 36.4 Å². The summed E-state index contributed by atoms with van der Waals surface area (Å²) >= 11 is 3.21. The van der Waals surface area contributed by atoms with E-state index in [9.17, 15) is 9.18 Å². The van der Waals surface area contributed by atoms with Crippen molar-refractivity contribution < 1.29 is 9.18 Å². The van der Waals surface area contributed by atoms with Crippen LogP contribution in [0.5, 0.6) is 0 Å². The molecule has 1 aromatic rings. The number of hydrogen-bond acceptors (Lipinski definition) is 3. The van der Waals surface area contributed by atoms with Gasteiger partial charge in [0.1, 0.15) is 0 Å². The maximum atomic E-state index is 14.0. The molecule has 0 aliphatic carbocycles. The third kappa shape index (κ3) is 3.20. The van der Waals surface area contributed by atoms with E-state index in [1.54, 1.807) is 6.20 Å². The van der Waals surface area contributed by atoms with Gasteiger partial charge in [-0.15, -0.1) is 0 Å². The van der Waals surface area contributed by atoms with Gasteiger partial charge in [0, 0.05) is 36.8 Å². The first-order valence-electron chi connectivity index (χ1n) is 7.50. The normalized spacial score (nSPS) is 22.7. The molecule has 0 radical (unpaired) electrons. The minimum absolute atomic E-state index is 0.0204. The molecule has 2 aliphatic heterocycles. The predicted molar refractivity (Wildman–Crippen MR) is 82.6 cm³/mol. The summed E-state index contributed by atoms with van der Waals surface area (Å²) in [5.74, 6) is 0.227. The Hall–Kier alpha value is -1.17. The molecule has 2 fully saturated rings. The van der Waals surface area contributed by atoms with Crippen LogP contribution in [0.2, 0.25) is 0 Å². The number of pyridine rings is 1. The molecule has 1 aromatic heterocycles. The maximum absolute atomic E-state index is 14.0. The number of carbonyl (C=O) groups excluding carboxylic acids is 1. The quantitative estimate of drug-likeness (QED) is 0.818. The van der Waals surface area contributed by atoms with Gasteiger partial charge in [-0.1, -0.05) is 0 Å². The molecule has 6 heteroatoms. The number of hydrogen-bond donors (Lipinski definition) is 0. The van der Waals surface area contributed by atoms with Gasteiger partial charge in [-0.05, 0) is 47.7 Å². The fraction of sp³-hybridized carbons (Fsp3) is 0.600. The molecule has 1 atom stereocenters. The summed E-state index contributed by atoms with van der Waals surface area (Å²) in [6, 6.07) is 1.42. The van der Waals surface area contributed by atoms with Crippen LogP contribution in [0.1, 0.15) is 25.7 Å². The number of nitrogens with zero attached hydrogens (tertiary/aromatic N) is 3. The van der Waals surface area contributed by atoms with Gasteiger partial charge >= 0.3 is 0 Å². The summed E-state index contributed by atoms with van der Waals surface area (Å²) in [7, 11) is 0. The van der Waals surface area contributed by atoms with Gasteiger partial charge in [0.05, 0.1) is 5.92 Å². The molecule has 1 amide bonds. The summed E-state index contributed by atoms with van der Waals surface area (Å²) < 4.78 is 14.6. The second kappa shape index (κ2) is 6.30. The molecule has 21 heavy (non-hydrogen) atoms. The molecular formula is C15H19BrFN3O. The Kier molecular flexibility index (Phi) is 4.42. The van der Waals surface area contributed by atoms with Crippen LogP contribution in [0.25, 0.3) is 0 Å². The molecule has 4 nitrogen and oxygen atoms in total. The zero-order chi connectivity index (χ0) is 14.8. The zero-order valence-electron chi connectivity index (χ0n) is 11.9. The lowest BCUT2D eigenvalue weighted by molar-refractivity contribution is -0.135. The van der Waals surface area contributed by atoms with Crippen LogP contribution in [0.4, 0.5) is 10.2 Å². The molecule has 2 aliphatic rings. The SMILES string of the molecule is O=C(C1CCN(c2ncc(Br)cc2F)C1)N1CCCCC1. The van der Waals surface area contributed by atoms with Crippen LogP contribution >= 0.6 is 15.9 Å². The second-order valence-corrected chi connectivity index (χ2v) is 6.69. The van der Waals surface area contributed by atoms with E-state index in [2.05, 4.69) is 20.9 Å². The molecular weight excluding hydrogens is 337 g/mol. The Morgan fingerprint density at radius 3 is 2.76 bits per heavy atom. The first kappa shape index (κ1) is 14.8. The molecule has 2 saturated heterocycles. The molecule has 3 heterocycles. The predicted octanol–water partition coefficient (Wildman–Crippen LogP) is 2.82. The van der Waals surface area contributed by atoms with Gasteiger partial charge < -0.3 is 9.80 Å². The molecule has 1 unspecified atom stereocenters. The van der Waals surface area contributed by atoms with Crippen LogP contribution in [-0.4, -0.2) is 42.0 Å². The second-order valence-electron chi connectivity index (χ2n) is 5.78. The van der Waals surface area contributed by atoms with E-state index in [0.717, 1.165) is 32.4 Å². The fourth-order valence-corrected chi connectivity index (χ4v) is 3.47. The van der Waals surface area contributed by atoms with Crippen molar-refractivity contribution in [2.45, 2.75) is 25.7 Å². The smallest absolute Gasteiger partial charge is 0.227 e. The highest BCUT2D eigenvalue weighted by atomic mass is 79.9. The molecule has 3 rings (SSSR count). The Morgan fingerprint density at radius 1 is 1.29 bits per heavy atom. The van der Waals surface area contributed by atoms with Crippen molar-refractivity contribution in [3.63, 3.8) is 0 Å². The van der Waals surface area contributed by atoms with Crippen molar-refractivity contribution in [3.8, 4) is 0 Å². The average molecular weight is 356 g/mol. The molecule has 114 valence electrons. The largest absolute Gasteiger partial charge is 0.353 e. The molecule has 0 aromatic carbocycles.